The normalized spacial score (nSPS) is 11.7. The highest BCUT2D eigenvalue weighted by Gasteiger charge is 2.12. The fourth-order valence-electron chi connectivity index (χ4n) is 2.21. The Labute approximate surface area is 111 Å². The van der Waals surface area contributed by atoms with E-state index in [1.54, 1.807) is 12.1 Å². The largest absolute Gasteiger partial charge is 0.508 e. The van der Waals surface area contributed by atoms with Gasteiger partial charge in [0.1, 0.15) is 5.75 Å². The van der Waals surface area contributed by atoms with Crippen LogP contribution < -0.4 is 5.73 Å². The van der Waals surface area contributed by atoms with Crippen LogP contribution in [0.15, 0.2) is 18.2 Å². The van der Waals surface area contributed by atoms with Crippen molar-refractivity contribution in [2.45, 2.75) is 34.2 Å². The first-order chi connectivity index (χ1) is 8.38. The van der Waals surface area contributed by atoms with E-state index in [1.165, 1.54) is 0 Å². The number of benzene rings is 1. The minimum Gasteiger partial charge on any atom is -0.508 e. The smallest absolute Gasteiger partial charge is 0.120 e. The molecule has 0 aliphatic carbocycles. The zero-order valence-electron chi connectivity index (χ0n) is 12.0. The zero-order valence-corrected chi connectivity index (χ0v) is 12.0. The molecule has 0 aromatic heterocycles. The average Bonchev–Trinajstić information content (AvgIpc) is 2.21. The Kier molecular flexibility index (Phi) is 5.48. The molecular formula is C15H26N2O. The fraction of sp³-hybridized carbons (Fsp3) is 0.600. The minimum absolute atomic E-state index is 0.335. The Morgan fingerprint density at radius 3 is 2.17 bits per heavy atom. The van der Waals surface area contributed by atoms with Gasteiger partial charge in [-0.25, -0.2) is 0 Å². The van der Waals surface area contributed by atoms with E-state index in [-0.39, 0.29) is 0 Å². The van der Waals surface area contributed by atoms with E-state index < -0.39 is 0 Å². The van der Waals surface area contributed by atoms with Crippen molar-refractivity contribution in [1.82, 2.24) is 4.90 Å². The van der Waals surface area contributed by atoms with Gasteiger partial charge < -0.3 is 10.8 Å². The Morgan fingerprint density at radius 2 is 1.67 bits per heavy atom. The van der Waals surface area contributed by atoms with Gasteiger partial charge in [-0.15, -0.1) is 0 Å². The molecule has 0 aliphatic heterocycles. The third-order valence-corrected chi connectivity index (χ3v) is 2.74. The minimum atomic E-state index is 0.335. The first-order valence-electron chi connectivity index (χ1n) is 6.68. The van der Waals surface area contributed by atoms with Crippen LogP contribution in [0.3, 0.4) is 0 Å². The van der Waals surface area contributed by atoms with E-state index in [2.05, 4.69) is 32.6 Å². The molecule has 1 aromatic rings. The monoisotopic (exact) mass is 250 g/mol. The molecule has 0 saturated carbocycles. The fourth-order valence-corrected chi connectivity index (χ4v) is 2.21. The number of anilines is 1. The van der Waals surface area contributed by atoms with Crippen molar-refractivity contribution in [3.8, 4) is 5.75 Å². The second-order valence-corrected chi connectivity index (χ2v) is 5.87. The van der Waals surface area contributed by atoms with Crippen LogP contribution in [-0.4, -0.2) is 23.1 Å². The summed E-state index contributed by atoms with van der Waals surface area (Å²) in [6.07, 6.45) is 0. The Morgan fingerprint density at radius 1 is 1.11 bits per heavy atom. The standard InChI is InChI=1S/C15H26N2O/c1-11(2)8-17(9-12(3)4)10-13-7-14(16)5-6-15(13)18/h5-7,11-12,18H,8-10,16H2,1-4H3. The number of hydrogen-bond donors (Lipinski definition) is 2. The molecule has 18 heavy (non-hydrogen) atoms. The number of nitrogen functional groups attached to an aromatic ring is 1. The molecular weight excluding hydrogens is 224 g/mol. The molecule has 0 radical (unpaired) electrons. The first-order valence-corrected chi connectivity index (χ1v) is 6.68. The van der Waals surface area contributed by atoms with Crippen molar-refractivity contribution in [3.63, 3.8) is 0 Å². The van der Waals surface area contributed by atoms with Crippen LogP contribution in [0, 0.1) is 11.8 Å². The van der Waals surface area contributed by atoms with Gasteiger partial charge in [-0.1, -0.05) is 27.7 Å². The van der Waals surface area contributed by atoms with Gasteiger partial charge in [0.2, 0.25) is 0 Å². The Balaban J connectivity index is 2.77. The van der Waals surface area contributed by atoms with Crippen molar-refractivity contribution < 1.29 is 5.11 Å². The predicted molar refractivity (Wildman–Crippen MR) is 77.5 cm³/mol. The molecule has 0 unspecified atom stereocenters. The van der Waals surface area contributed by atoms with Gasteiger partial charge in [0.15, 0.2) is 0 Å². The van der Waals surface area contributed by atoms with Gasteiger partial charge in [-0.3, -0.25) is 4.90 Å². The van der Waals surface area contributed by atoms with E-state index in [1.807, 2.05) is 6.07 Å². The summed E-state index contributed by atoms with van der Waals surface area (Å²) in [4.78, 5) is 2.38. The second kappa shape index (κ2) is 6.64. The summed E-state index contributed by atoms with van der Waals surface area (Å²) < 4.78 is 0. The maximum absolute atomic E-state index is 9.87. The quantitative estimate of drug-likeness (QED) is 0.602. The summed E-state index contributed by atoms with van der Waals surface area (Å²) in [5.41, 5.74) is 7.39. The summed E-state index contributed by atoms with van der Waals surface area (Å²) in [5.74, 6) is 1.57. The van der Waals surface area contributed by atoms with Gasteiger partial charge in [0.25, 0.3) is 0 Å². The molecule has 0 saturated heterocycles. The molecule has 0 atom stereocenters. The second-order valence-electron chi connectivity index (χ2n) is 5.87. The maximum atomic E-state index is 9.87. The number of phenolic OH excluding ortho intramolecular Hbond substituents is 1. The van der Waals surface area contributed by atoms with E-state index in [0.29, 0.717) is 23.3 Å². The maximum Gasteiger partial charge on any atom is 0.120 e. The SMILES string of the molecule is CC(C)CN(Cc1cc(N)ccc1O)CC(C)C. The molecule has 0 aliphatic rings. The van der Waals surface area contributed by atoms with Crippen LogP contribution in [0.4, 0.5) is 5.69 Å². The van der Waals surface area contributed by atoms with Gasteiger partial charge in [0, 0.05) is 30.9 Å². The van der Waals surface area contributed by atoms with Crippen LogP contribution >= 0.6 is 0 Å². The summed E-state index contributed by atoms with van der Waals surface area (Å²) in [6.45, 7) is 11.7. The number of nitrogens with two attached hydrogens (primary N) is 1. The molecule has 1 aromatic carbocycles. The third-order valence-electron chi connectivity index (χ3n) is 2.74. The molecule has 1 rings (SSSR count). The number of hydrogen-bond acceptors (Lipinski definition) is 3. The van der Waals surface area contributed by atoms with Gasteiger partial charge >= 0.3 is 0 Å². The van der Waals surface area contributed by atoms with Crippen LogP contribution in [0.25, 0.3) is 0 Å². The van der Waals surface area contributed by atoms with Gasteiger partial charge in [-0.2, -0.15) is 0 Å². The molecule has 102 valence electrons. The van der Waals surface area contributed by atoms with Crippen LogP contribution in [0.2, 0.25) is 0 Å². The van der Waals surface area contributed by atoms with Crippen molar-refractivity contribution >= 4 is 5.69 Å². The van der Waals surface area contributed by atoms with E-state index >= 15 is 0 Å². The zero-order chi connectivity index (χ0) is 13.7. The molecule has 3 N–H and O–H groups in total. The molecule has 3 heteroatoms. The molecule has 0 fully saturated rings. The van der Waals surface area contributed by atoms with Gasteiger partial charge in [0.05, 0.1) is 0 Å². The number of nitrogens with zero attached hydrogens (tertiary/aromatic N) is 1. The molecule has 0 bridgehead atoms. The van der Waals surface area contributed by atoms with Crippen molar-refractivity contribution in [2.75, 3.05) is 18.8 Å². The highest BCUT2D eigenvalue weighted by atomic mass is 16.3. The lowest BCUT2D eigenvalue weighted by molar-refractivity contribution is 0.209. The van der Waals surface area contributed by atoms with E-state index in [4.69, 9.17) is 5.73 Å². The Bertz CT molecular complexity index is 365. The number of phenols is 1. The van der Waals surface area contributed by atoms with Crippen LogP contribution in [0.1, 0.15) is 33.3 Å². The molecule has 0 amide bonds. The molecule has 0 heterocycles. The first kappa shape index (κ1) is 14.8. The van der Waals surface area contributed by atoms with Crippen molar-refractivity contribution in [2.24, 2.45) is 11.8 Å². The third kappa shape index (κ3) is 4.96. The van der Waals surface area contributed by atoms with E-state index in [9.17, 15) is 5.11 Å². The van der Waals surface area contributed by atoms with Crippen molar-refractivity contribution in [1.29, 1.82) is 0 Å². The lowest BCUT2D eigenvalue weighted by atomic mass is 10.1. The lowest BCUT2D eigenvalue weighted by Crippen LogP contribution is -2.31. The lowest BCUT2D eigenvalue weighted by Gasteiger charge is -2.26. The summed E-state index contributed by atoms with van der Waals surface area (Å²) in [5, 5.41) is 9.87. The van der Waals surface area contributed by atoms with Gasteiger partial charge in [-0.05, 0) is 30.0 Å². The highest BCUT2D eigenvalue weighted by molar-refractivity contribution is 5.47. The van der Waals surface area contributed by atoms with Crippen LogP contribution in [0.5, 0.6) is 5.75 Å². The van der Waals surface area contributed by atoms with Crippen LogP contribution in [-0.2, 0) is 6.54 Å². The van der Waals surface area contributed by atoms with Crippen molar-refractivity contribution in [3.05, 3.63) is 23.8 Å². The average molecular weight is 250 g/mol. The Hall–Kier alpha value is -1.22. The topological polar surface area (TPSA) is 49.5 Å². The molecule has 3 nitrogen and oxygen atoms in total. The highest BCUT2D eigenvalue weighted by Crippen LogP contribution is 2.22. The number of aromatic hydroxyl groups is 1. The predicted octanol–water partition coefficient (Wildman–Crippen LogP) is 3.09. The number of rotatable bonds is 6. The summed E-state index contributed by atoms with van der Waals surface area (Å²) in [6, 6.07) is 5.27. The van der Waals surface area contributed by atoms with E-state index in [0.717, 1.165) is 25.2 Å². The molecule has 0 spiro atoms. The summed E-state index contributed by atoms with van der Waals surface area (Å²) >= 11 is 0. The summed E-state index contributed by atoms with van der Waals surface area (Å²) in [7, 11) is 0.